The van der Waals surface area contributed by atoms with Gasteiger partial charge in [-0.15, -0.1) is 0 Å². The van der Waals surface area contributed by atoms with Crippen LogP contribution in [0.25, 0.3) is 38.8 Å². The molecule has 0 amide bonds. The van der Waals surface area contributed by atoms with Crippen molar-refractivity contribution in [2.24, 2.45) is 0 Å². The van der Waals surface area contributed by atoms with Gasteiger partial charge in [-0.2, -0.15) is 0 Å². The molecule has 1 aliphatic rings. The molecule has 0 N–H and O–H groups in total. The van der Waals surface area contributed by atoms with Crippen molar-refractivity contribution in [1.82, 2.24) is 9.55 Å². The molecular formula is C72H74N4O. The molecule has 0 unspecified atom stereocenters. The number of hydrogen-bond donors (Lipinski definition) is 0. The third kappa shape index (κ3) is 9.60. The van der Waals surface area contributed by atoms with Gasteiger partial charge >= 0.3 is 0 Å². The molecule has 0 atom stereocenters. The molecule has 388 valence electrons. The number of pyridine rings is 1. The highest BCUT2D eigenvalue weighted by atomic mass is 16.5. The molecule has 0 spiro atoms. The zero-order valence-corrected chi connectivity index (χ0v) is 47.5. The monoisotopic (exact) mass is 1010 g/mol. The van der Waals surface area contributed by atoms with Crippen LogP contribution in [0.15, 0.2) is 200 Å². The summed E-state index contributed by atoms with van der Waals surface area (Å²) in [5.74, 6) is 2.40. The Bertz CT molecular complexity index is 3740. The van der Waals surface area contributed by atoms with Gasteiger partial charge in [0.1, 0.15) is 24.0 Å². The van der Waals surface area contributed by atoms with Gasteiger partial charge in [-0.25, -0.2) is 4.98 Å². The molecule has 0 saturated carbocycles. The van der Waals surface area contributed by atoms with Gasteiger partial charge in [0.05, 0.1) is 22.4 Å². The number of nitrogens with zero attached hydrogens (tertiary/aromatic N) is 4. The molecule has 0 saturated heterocycles. The molecule has 8 aromatic carbocycles. The van der Waals surface area contributed by atoms with Crippen LogP contribution in [0.2, 0.25) is 0 Å². The number of fused-ring (bicyclic) bond motifs is 4. The van der Waals surface area contributed by atoms with Crippen molar-refractivity contribution in [3.05, 3.63) is 239 Å². The molecule has 11 rings (SSSR count). The smallest absolute Gasteiger partial charge is 0.137 e. The predicted molar refractivity (Wildman–Crippen MR) is 326 cm³/mol. The summed E-state index contributed by atoms with van der Waals surface area (Å²) in [6.45, 7) is 30.9. The maximum atomic E-state index is 7.17. The first-order valence-corrected chi connectivity index (χ1v) is 27.5. The fourth-order valence-corrected chi connectivity index (χ4v) is 11.5. The maximum Gasteiger partial charge on any atom is 0.137 e. The van der Waals surface area contributed by atoms with Crippen LogP contribution in [0.3, 0.4) is 0 Å². The minimum atomic E-state index is -0.283. The average Bonchev–Trinajstić information content (AvgIpc) is 3.97. The summed E-state index contributed by atoms with van der Waals surface area (Å²) >= 11 is 0. The molecule has 0 aliphatic carbocycles. The van der Waals surface area contributed by atoms with Crippen LogP contribution in [-0.4, -0.2) is 16.2 Å². The second kappa shape index (κ2) is 19.0. The first-order valence-electron chi connectivity index (χ1n) is 27.5. The Balaban J connectivity index is 1.10. The number of benzene rings is 8. The predicted octanol–water partition coefficient (Wildman–Crippen LogP) is 19.4. The number of ether oxygens (including phenoxy) is 1. The number of para-hydroxylation sites is 1. The van der Waals surface area contributed by atoms with Crippen molar-refractivity contribution >= 4 is 44.6 Å². The second-order valence-electron chi connectivity index (χ2n) is 25.5. The zero-order valence-electron chi connectivity index (χ0n) is 47.5. The van der Waals surface area contributed by atoms with Crippen molar-refractivity contribution in [3.63, 3.8) is 0 Å². The molecule has 10 aromatic rings. The zero-order chi connectivity index (χ0) is 54.2. The van der Waals surface area contributed by atoms with E-state index < -0.39 is 0 Å². The largest absolute Gasteiger partial charge is 0.457 e. The lowest BCUT2D eigenvalue weighted by molar-refractivity contribution is 0.483. The third-order valence-corrected chi connectivity index (χ3v) is 16.3. The molecule has 0 radical (unpaired) electrons. The molecule has 5 heteroatoms. The summed E-state index contributed by atoms with van der Waals surface area (Å²) in [5, 5.41) is 2.33. The molecule has 3 heterocycles. The van der Waals surface area contributed by atoms with E-state index >= 15 is 0 Å². The van der Waals surface area contributed by atoms with E-state index in [0.717, 1.165) is 50.6 Å². The van der Waals surface area contributed by atoms with Crippen LogP contribution in [-0.2, 0) is 27.1 Å². The van der Waals surface area contributed by atoms with E-state index in [9.17, 15) is 0 Å². The van der Waals surface area contributed by atoms with E-state index in [1.807, 2.05) is 6.20 Å². The first-order chi connectivity index (χ1) is 36.6. The number of anilines is 4. The molecule has 1 aliphatic heterocycles. The third-order valence-electron chi connectivity index (χ3n) is 16.3. The van der Waals surface area contributed by atoms with Gasteiger partial charge in [0, 0.05) is 51.3 Å². The number of aromatic nitrogens is 2. The standard InChI is InChI=1S/C72H74N4O/c1-68(2,3)52-35-36-73-67(42-52)76-63-32-24-23-31-59(63)60-34-33-57(44-64(60)76)77-58-38-49(48-25-17-14-18-26-48)37-55(43-58)74-47-75(66-46-62(70(7,8)9)61(45-65(66)74)69(4,5)6)56-40-53(71(10,11)50-27-19-15-20-28-50)39-54(41-56)72(12,13)51-29-21-16-22-30-51/h14-46H,47H2,1-13H3. The minimum Gasteiger partial charge on any atom is -0.457 e. The van der Waals surface area contributed by atoms with Crippen molar-refractivity contribution < 1.29 is 4.74 Å². The summed E-state index contributed by atoms with van der Waals surface area (Å²) < 4.78 is 9.46. The highest BCUT2D eigenvalue weighted by Gasteiger charge is 2.37. The Morgan fingerprint density at radius 1 is 0.377 bits per heavy atom. The normalized spacial score (nSPS) is 13.4. The average molecular weight is 1010 g/mol. The van der Waals surface area contributed by atoms with Crippen LogP contribution in [0.4, 0.5) is 22.7 Å². The number of hydrogen-bond acceptors (Lipinski definition) is 4. The topological polar surface area (TPSA) is 33.5 Å². The summed E-state index contributed by atoms with van der Waals surface area (Å²) in [7, 11) is 0. The van der Waals surface area contributed by atoms with E-state index in [4.69, 9.17) is 9.72 Å². The Labute approximate surface area is 457 Å². The summed E-state index contributed by atoms with van der Waals surface area (Å²) in [4.78, 5) is 10.1. The highest BCUT2D eigenvalue weighted by Crippen LogP contribution is 2.52. The quantitative estimate of drug-likeness (QED) is 0.137. The molecule has 77 heavy (non-hydrogen) atoms. The van der Waals surface area contributed by atoms with Gasteiger partial charge in [0.25, 0.3) is 0 Å². The van der Waals surface area contributed by atoms with Crippen LogP contribution in [0, 0.1) is 0 Å². The minimum absolute atomic E-state index is 0.0339. The van der Waals surface area contributed by atoms with E-state index in [1.54, 1.807) is 0 Å². The Morgan fingerprint density at radius 2 is 0.896 bits per heavy atom. The Kier molecular flexibility index (Phi) is 12.6. The van der Waals surface area contributed by atoms with Crippen molar-refractivity contribution in [2.45, 2.75) is 117 Å². The second-order valence-corrected chi connectivity index (χ2v) is 25.5. The van der Waals surface area contributed by atoms with Crippen LogP contribution >= 0.6 is 0 Å². The molecular weight excluding hydrogens is 937 g/mol. The van der Waals surface area contributed by atoms with E-state index in [0.29, 0.717) is 6.67 Å². The Morgan fingerprint density at radius 3 is 1.45 bits per heavy atom. The lowest BCUT2D eigenvalue weighted by atomic mass is 9.73. The Hall–Kier alpha value is -7.89. The lowest BCUT2D eigenvalue weighted by Gasteiger charge is -2.34. The molecule has 0 fully saturated rings. The number of rotatable bonds is 10. The molecule has 0 bridgehead atoms. The highest BCUT2D eigenvalue weighted by molar-refractivity contribution is 6.09. The van der Waals surface area contributed by atoms with Gasteiger partial charge in [-0.1, -0.05) is 205 Å². The maximum absolute atomic E-state index is 7.17. The first kappa shape index (κ1) is 51.2. The lowest BCUT2D eigenvalue weighted by Crippen LogP contribution is -2.27. The SMILES string of the molecule is CC(C)(C)c1ccnc(-n2c3ccccc3c3ccc(Oc4cc(-c5ccccc5)cc(N5CN(c6cc(C(C)(C)c7ccccc7)cc(C(C)(C)c7ccccc7)c6)c6cc(C(C)(C)C)c(C(C)(C)C)cc65)c4)cc32)c1. The van der Waals surface area contributed by atoms with Gasteiger partial charge in [0.2, 0.25) is 0 Å². The van der Waals surface area contributed by atoms with Crippen LogP contribution in [0.5, 0.6) is 11.5 Å². The fourth-order valence-electron chi connectivity index (χ4n) is 11.5. The summed E-state index contributed by atoms with van der Waals surface area (Å²) in [6.07, 6.45) is 1.94. The van der Waals surface area contributed by atoms with Gasteiger partial charge in [-0.3, -0.25) is 4.57 Å². The van der Waals surface area contributed by atoms with E-state index in [-0.39, 0.29) is 27.1 Å². The van der Waals surface area contributed by atoms with Gasteiger partial charge in [0.15, 0.2) is 0 Å². The summed E-state index contributed by atoms with van der Waals surface area (Å²) in [6, 6.07) is 71.3. The van der Waals surface area contributed by atoms with Crippen LogP contribution < -0.4 is 14.5 Å². The van der Waals surface area contributed by atoms with Crippen molar-refractivity contribution in [3.8, 4) is 28.4 Å². The van der Waals surface area contributed by atoms with Crippen LogP contribution in [0.1, 0.15) is 129 Å². The molecule has 2 aromatic heterocycles. The summed E-state index contributed by atoms with van der Waals surface area (Å²) in [5.41, 5.74) is 17.2. The van der Waals surface area contributed by atoms with Gasteiger partial charge in [-0.05, 0) is 133 Å². The molecule has 5 nitrogen and oxygen atoms in total. The van der Waals surface area contributed by atoms with Crippen molar-refractivity contribution in [2.75, 3.05) is 16.5 Å². The van der Waals surface area contributed by atoms with Gasteiger partial charge < -0.3 is 14.5 Å². The van der Waals surface area contributed by atoms with Crippen molar-refractivity contribution in [1.29, 1.82) is 0 Å². The fraction of sp³-hybridized carbons (Fsp3) is 0.264. The van der Waals surface area contributed by atoms with E-state index in [2.05, 4.69) is 298 Å². The van der Waals surface area contributed by atoms with E-state index in [1.165, 1.54) is 61.4 Å².